The molecule has 1 N–H and O–H groups in total. The van der Waals surface area contributed by atoms with Crippen molar-refractivity contribution in [3.63, 3.8) is 0 Å². The molecule has 0 saturated heterocycles. The maximum atomic E-state index is 12.4. The van der Waals surface area contributed by atoms with Crippen LogP contribution in [0.2, 0.25) is 0 Å². The highest BCUT2D eigenvalue weighted by Crippen LogP contribution is 2.29. The van der Waals surface area contributed by atoms with Gasteiger partial charge in [0.2, 0.25) is 5.91 Å². The lowest BCUT2D eigenvalue weighted by atomic mass is 9.88. The Morgan fingerprint density at radius 2 is 2.00 bits per heavy atom. The normalized spacial score (nSPS) is 17.0. The zero-order chi connectivity index (χ0) is 15.6. The van der Waals surface area contributed by atoms with Crippen LogP contribution < -0.4 is 5.32 Å². The highest BCUT2D eigenvalue weighted by Gasteiger charge is 2.21. The van der Waals surface area contributed by atoms with Crippen LogP contribution in [0.3, 0.4) is 0 Å². The van der Waals surface area contributed by atoms with Gasteiger partial charge in [-0.2, -0.15) is 0 Å². The van der Waals surface area contributed by atoms with Crippen molar-refractivity contribution in [1.82, 2.24) is 20.3 Å². The molecule has 23 heavy (non-hydrogen) atoms. The van der Waals surface area contributed by atoms with Gasteiger partial charge in [0.05, 0.1) is 11.6 Å². The number of fused-ring (bicyclic) bond motifs is 2. The topological polar surface area (TPSA) is 59.8 Å². The van der Waals surface area contributed by atoms with Gasteiger partial charge < -0.3 is 5.32 Å². The maximum Gasteiger partial charge on any atom is 0.242 e. The smallest absolute Gasteiger partial charge is 0.242 e. The van der Waals surface area contributed by atoms with E-state index in [9.17, 15) is 4.79 Å². The molecular formula is C18H18N4O. The second-order valence-corrected chi connectivity index (χ2v) is 5.95. The standard InChI is InChI=1S/C18H18N4O/c23-18(12-22-17-11-4-3-9-16(17)20-21-22)19-15-10-5-7-13-6-1-2-8-14(13)15/h1-4,6,8-9,11,15H,5,7,10,12H2,(H,19,23). The molecule has 0 spiro atoms. The number of aromatic nitrogens is 3. The SMILES string of the molecule is O=C(Cn1nnc2ccccc21)NC1CCCc2ccccc21. The van der Waals surface area contributed by atoms with E-state index in [1.807, 2.05) is 30.3 Å². The zero-order valence-corrected chi connectivity index (χ0v) is 12.8. The average Bonchev–Trinajstić information content (AvgIpc) is 2.98. The molecule has 0 aliphatic heterocycles. The molecule has 1 unspecified atom stereocenters. The lowest BCUT2D eigenvalue weighted by Gasteiger charge is -2.26. The number of para-hydroxylation sites is 1. The van der Waals surface area contributed by atoms with E-state index < -0.39 is 0 Å². The minimum Gasteiger partial charge on any atom is -0.348 e. The monoisotopic (exact) mass is 306 g/mol. The third kappa shape index (κ3) is 2.70. The van der Waals surface area contributed by atoms with E-state index in [1.54, 1.807) is 4.68 Å². The first-order valence-corrected chi connectivity index (χ1v) is 7.96. The summed E-state index contributed by atoms with van der Waals surface area (Å²) in [4.78, 5) is 12.4. The molecule has 1 aliphatic carbocycles. The van der Waals surface area contributed by atoms with E-state index in [0.717, 1.165) is 30.3 Å². The Hall–Kier alpha value is -2.69. The van der Waals surface area contributed by atoms with E-state index in [2.05, 4.69) is 33.8 Å². The number of carbonyl (C=O) groups excluding carboxylic acids is 1. The predicted octanol–water partition coefficient (Wildman–Crippen LogP) is 2.63. The summed E-state index contributed by atoms with van der Waals surface area (Å²) in [7, 11) is 0. The Kier molecular flexibility index (Phi) is 3.54. The van der Waals surface area contributed by atoms with Crippen molar-refractivity contribution in [1.29, 1.82) is 0 Å². The number of aryl methyl sites for hydroxylation is 1. The number of carbonyl (C=O) groups is 1. The van der Waals surface area contributed by atoms with Crippen LogP contribution in [0.25, 0.3) is 11.0 Å². The van der Waals surface area contributed by atoms with Gasteiger partial charge >= 0.3 is 0 Å². The average molecular weight is 306 g/mol. The summed E-state index contributed by atoms with van der Waals surface area (Å²) in [5.74, 6) is -0.0256. The molecule has 3 aromatic rings. The predicted molar refractivity (Wildman–Crippen MR) is 87.8 cm³/mol. The van der Waals surface area contributed by atoms with Crippen molar-refractivity contribution in [2.75, 3.05) is 0 Å². The van der Waals surface area contributed by atoms with Gasteiger partial charge in [-0.3, -0.25) is 4.79 Å². The quantitative estimate of drug-likeness (QED) is 0.809. The van der Waals surface area contributed by atoms with Gasteiger partial charge in [0.25, 0.3) is 0 Å². The summed E-state index contributed by atoms with van der Waals surface area (Å²) in [6.45, 7) is 0.194. The van der Waals surface area contributed by atoms with E-state index in [4.69, 9.17) is 0 Å². The van der Waals surface area contributed by atoms with Crippen molar-refractivity contribution in [2.24, 2.45) is 0 Å². The fourth-order valence-electron chi connectivity index (χ4n) is 3.31. The van der Waals surface area contributed by atoms with Gasteiger partial charge in [-0.25, -0.2) is 4.68 Å². The summed E-state index contributed by atoms with van der Waals surface area (Å²) in [6.07, 6.45) is 3.19. The van der Waals surface area contributed by atoms with Crippen LogP contribution in [-0.2, 0) is 17.8 Å². The fourth-order valence-corrected chi connectivity index (χ4v) is 3.31. The molecule has 1 aliphatic rings. The van der Waals surface area contributed by atoms with Gasteiger partial charge in [0.1, 0.15) is 12.1 Å². The minimum atomic E-state index is -0.0256. The summed E-state index contributed by atoms with van der Waals surface area (Å²) in [5.41, 5.74) is 4.28. The van der Waals surface area contributed by atoms with Crippen molar-refractivity contribution >= 4 is 16.9 Å². The van der Waals surface area contributed by atoms with E-state index in [-0.39, 0.29) is 18.5 Å². The first kappa shape index (κ1) is 13.9. The van der Waals surface area contributed by atoms with Crippen molar-refractivity contribution < 1.29 is 4.79 Å². The molecule has 1 aromatic heterocycles. The van der Waals surface area contributed by atoms with Gasteiger partial charge in [-0.1, -0.05) is 41.6 Å². The summed E-state index contributed by atoms with van der Waals surface area (Å²) < 4.78 is 1.65. The number of nitrogens with one attached hydrogen (secondary N) is 1. The Balaban J connectivity index is 1.51. The molecule has 1 atom stereocenters. The molecule has 5 heteroatoms. The van der Waals surface area contributed by atoms with Crippen LogP contribution in [0, 0.1) is 0 Å². The third-order valence-electron chi connectivity index (χ3n) is 4.42. The zero-order valence-electron chi connectivity index (χ0n) is 12.8. The van der Waals surface area contributed by atoms with E-state index >= 15 is 0 Å². The largest absolute Gasteiger partial charge is 0.348 e. The molecule has 0 fully saturated rings. The Morgan fingerprint density at radius 3 is 2.96 bits per heavy atom. The molecule has 0 saturated carbocycles. The van der Waals surface area contributed by atoms with Crippen molar-refractivity contribution in [3.8, 4) is 0 Å². The lowest BCUT2D eigenvalue weighted by Crippen LogP contribution is -2.33. The van der Waals surface area contributed by atoms with Crippen LogP contribution in [0.4, 0.5) is 0 Å². The van der Waals surface area contributed by atoms with Gasteiger partial charge in [-0.05, 0) is 42.5 Å². The molecular weight excluding hydrogens is 288 g/mol. The molecule has 4 rings (SSSR count). The van der Waals surface area contributed by atoms with Gasteiger partial charge in [0, 0.05) is 0 Å². The molecule has 0 bridgehead atoms. The molecule has 2 aromatic carbocycles. The number of nitrogens with zero attached hydrogens (tertiary/aromatic N) is 3. The number of benzene rings is 2. The van der Waals surface area contributed by atoms with Gasteiger partial charge in [0.15, 0.2) is 0 Å². The minimum absolute atomic E-state index is 0.0256. The number of hydrogen-bond acceptors (Lipinski definition) is 3. The van der Waals surface area contributed by atoms with Crippen molar-refractivity contribution in [2.45, 2.75) is 31.8 Å². The van der Waals surface area contributed by atoms with Gasteiger partial charge in [-0.15, -0.1) is 5.10 Å². The van der Waals surface area contributed by atoms with Crippen LogP contribution in [-0.4, -0.2) is 20.9 Å². The van der Waals surface area contributed by atoms with Crippen molar-refractivity contribution in [3.05, 3.63) is 59.7 Å². The first-order valence-electron chi connectivity index (χ1n) is 7.96. The highest BCUT2D eigenvalue weighted by molar-refractivity contribution is 5.80. The Bertz CT molecular complexity index is 855. The van der Waals surface area contributed by atoms with Crippen LogP contribution in [0.1, 0.15) is 30.0 Å². The highest BCUT2D eigenvalue weighted by atomic mass is 16.2. The van der Waals surface area contributed by atoms with E-state index in [0.29, 0.717) is 0 Å². The van der Waals surface area contributed by atoms with Crippen LogP contribution in [0.15, 0.2) is 48.5 Å². The first-order chi connectivity index (χ1) is 11.3. The fraction of sp³-hybridized carbons (Fsp3) is 0.278. The Morgan fingerprint density at radius 1 is 1.17 bits per heavy atom. The molecule has 1 heterocycles. The number of hydrogen-bond donors (Lipinski definition) is 1. The number of rotatable bonds is 3. The second kappa shape index (κ2) is 5.83. The summed E-state index contributed by atoms with van der Waals surface area (Å²) in [5, 5.41) is 11.3. The second-order valence-electron chi connectivity index (χ2n) is 5.95. The molecule has 116 valence electrons. The molecule has 0 radical (unpaired) electrons. The summed E-state index contributed by atoms with van der Waals surface area (Å²) in [6, 6.07) is 16.1. The van der Waals surface area contributed by atoms with Crippen LogP contribution >= 0.6 is 0 Å². The van der Waals surface area contributed by atoms with E-state index in [1.165, 1.54) is 11.1 Å². The summed E-state index contributed by atoms with van der Waals surface area (Å²) >= 11 is 0. The third-order valence-corrected chi connectivity index (χ3v) is 4.42. The van der Waals surface area contributed by atoms with Crippen LogP contribution in [0.5, 0.6) is 0 Å². The maximum absolute atomic E-state index is 12.4. The molecule has 1 amide bonds. The number of amides is 1. The Labute approximate surface area is 134 Å². The lowest BCUT2D eigenvalue weighted by molar-refractivity contribution is -0.122. The molecule has 5 nitrogen and oxygen atoms in total.